The van der Waals surface area contributed by atoms with Gasteiger partial charge in [0, 0.05) is 48.7 Å². The fourth-order valence-corrected chi connectivity index (χ4v) is 6.15. The number of sulfonamides is 1. The summed E-state index contributed by atoms with van der Waals surface area (Å²) in [5, 5.41) is 0. The molecule has 1 aliphatic rings. The van der Waals surface area contributed by atoms with Crippen LogP contribution in [0.3, 0.4) is 0 Å². The summed E-state index contributed by atoms with van der Waals surface area (Å²) >= 11 is 4.73. The zero-order valence-electron chi connectivity index (χ0n) is 18.0. The van der Waals surface area contributed by atoms with Crippen molar-refractivity contribution in [1.29, 1.82) is 0 Å². The van der Waals surface area contributed by atoms with Crippen molar-refractivity contribution in [2.45, 2.75) is 17.6 Å². The van der Waals surface area contributed by atoms with Gasteiger partial charge in [-0.3, -0.25) is 14.0 Å². The van der Waals surface area contributed by atoms with Crippen LogP contribution in [-0.2, 0) is 20.6 Å². The van der Waals surface area contributed by atoms with Gasteiger partial charge in [0.2, 0.25) is 15.9 Å². The molecule has 0 spiro atoms. The van der Waals surface area contributed by atoms with Crippen LogP contribution in [0.2, 0.25) is 0 Å². The Kier molecular flexibility index (Phi) is 7.22. The molecule has 1 aliphatic heterocycles. The van der Waals surface area contributed by atoms with Gasteiger partial charge in [0.15, 0.2) is 0 Å². The molecule has 0 saturated carbocycles. The van der Waals surface area contributed by atoms with Crippen LogP contribution in [0, 0.1) is 6.92 Å². The van der Waals surface area contributed by atoms with Crippen molar-refractivity contribution in [2.75, 3.05) is 31.9 Å². The van der Waals surface area contributed by atoms with Crippen molar-refractivity contribution in [3.05, 3.63) is 74.7 Å². The molecule has 0 radical (unpaired) electrons. The third-order valence-corrected chi connectivity index (χ3v) is 8.74. The van der Waals surface area contributed by atoms with E-state index in [1.165, 1.54) is 26.5 Å². The van der Waals surface area contributed by atoms with E-state index in [4.69, 9.17) is 0 Å². The number of carbonyl (C=O) groups is 1. The average molecular weight is 551 g/mol. The van der Waals surface area contributed by atoms with Crippen LogP contribution in [0.4, 0.5) is 0 Å². The van der Waals surface area contributed by atoms with E-state index in [1.54, 1.807) is 41.4 Å². The van der Waals surface area contributed by atoms with Crippen LogP contribution in [0.15, 0.2) is 62.8 Å². The van der Waals surface area contributed by atoms with Gasteiger partial charge in [-0.25, -0.2) is 13.4 Å². The number of hydrogen-bond acceptors (Lipinski definition) is 6. The summed E-state index contributed by atoms with van der Waals surface area (Å²) in [6.07, 6.45) is 1.67. The van der Waals surface area contributed by atoms with Gasteiger partial charge in [-0.2, -0.15) is 4.31 Å². The fraction of sp³-hybridized carbons (Fsp3) is 0.318. The Bertz CT molecular complexity index is 1330. The van der Waals surface area contributed by atoms with Crippen LogP contribution < -0.4 is 5.56 Å². The lowest BCUT2D eigenvalue weighted by molar-refractivity contribution is -0.129. The Hall–Kier alpha value is -2.21. The summed E-state index contributed by atoms with van der Waals surface area (Å²) in [6, 6.07) is 11.8. The lowest BCUT2D eigenvalue weighted by atomic mass is 10.2. The molecule has 8 nitrogen and oxygen atoms in total. The molecule has 4 rings (SSSR count). The number of carbonyl (C=O) groups excluding carboxylic acids is 1. The standard InChI is InChI=1S/C22H23BrN4O4S2/c1-16-2-5-19(6-3-16)33(30,31)26-10-8-25(9-11-26)22(29)15-32-14-18-12-21(28)27-13-17(23)4-7-20(27)24-18/h2-7,12-13H,8-11,14-15H2,1H3. The minimum Gasteiger partial charge on any atom is -0.339 e. The predicted octanol–water partition coefficient (Wildman–Crippen LogP) is 2.53. The number of halogens is 1. The maximum atomic E-state index is 12.8. The molecule has 1 saturated heterocycles. The minimum atomic E-state index is -3.56. The average Bonchev–Trinajstić information content (AvgIpc) is 2.80. The number of hydrogen-bond donors (Lipinski definition) is 0. The first-order chi connectivity index (χ1) is 15.7. The second-order valence-electron chi connectivity index (χ2n) is 7.75. The van der Waals surface area contributed by atoms with Crippen molar-refractivity contribution in [1.82, 2.24) is 18.6 Å². The van der Waals surface area contributed by atoms with Crippen LogP contribution in [0.5, 0.6) is 0 Å². The summed E-state index contributed by atoms with van der Waals surface area (Å²) in [5.41, 5.74) is 2.00. The van der Waals surface area contributed by atoms with Gasteiger partial charge in [0.05, 0.1) is 16.3 Å². The van der Waals surface area contributed by atoms with Gasteiger partial charge < -0.3 is 4.90 Å². The minimum absolute atomic E-state index is 0.0474. The first-order valence-corrected chi connectivity index (χ1v) is 13.7. The van der Waals surface area contributed by atoms with Gasteiger partial charge in [0.1, 0.15) is 5.65 Å². The van der Waals surface area contributed by atoms with Crippen LogP contribution in [0.25, 0.3) is 5.65 Å². The summed E-state index contributed by atoms with van der Waals surface area (Å²) < 4.78 is 29.3. The smallest absolute Gasteiger partial charge is 0.258 e. The first kappa shape index (κ1) is 23.9. The lowest BCUT2D eigenvalue weighted by Crippen LogP contribution is -2.50. The number of nitrogens with zero attached hydrogens (tertiary/aromatic N) is 4. The number of aryl methyl sites for hydroxylation is 1. The van der Waals surface area contributed by atoms with E-state index in [0.717, 1.165) is 10.0 Å². The summed E-state index contributed by atoms with van der Waals surface area (Å²) in [5.74, 6) is 0.635. The van der Waals surface area contributed by atoms with E-state index in [2.05, 4.69) is 20.9 Å². The molecule has 11 heteroatoms. The van der Waals surface area contributed by atoms with Gasteiger partial charge in [-0.1, -0.05) is 17.7 Å². The van der Waals surface area contributed by atoms with E-state index >= 15 is 0 Å². The molecule has 2 aromatic heterocycles. The number of rotatable bonds is 6. The van der Waals surface area contributed by atoms with Gasteiger partial charge >= 0.3 is 0 Å². The van der Waals surface area contributed by atoms with E-state index in [9.17, 15) is 18.0 Å². The first-order valence-electron chi connectivity index (χ1n) is 10.3. The quantitative estimate of drug-likeness (QED) is 0.468. The zero-order valence-corrected chi connectivity index (χ0v) is 21.2. The maximum absolute atomic E-state index is 12.8. The largest absolute Gasteiger partial charge is 0.339 e. The highest BCUT2D eigenvalue weighted by atomic mass is 79.9. The number of fused-ring (bicyclic) bond motifs is 1. The Balaban J connectivity index is 1.30. The highest BCUT2D eigenvalue weighted by Gasteiger charge is 2.29. The molecule has 3 aromatic rings. The number of pyridine rings is 1. The van der Waals surface area contributed by atoms with Gasteiger partial charge in [0.25, 0.3) is 5.56 Å². The van der Waals surface area contributed by atoms with Gasteiger partial charge in [-0.05, 0) is 47.1 Å². The van der Waals surface area contributed by atoms with E-state index in [0.29, 0.717) is 30.2 Å². The topological polar surface area (TPSA) is 92.1 Å². The number of benzene rings is 1. The molecular formula is C22H23BrN4O4S2. The van der Waals surface area contributed by atoms with Crippen molar-refractivity contribution in [3.63, 3.8) is 0 Å². The van der Waals surface area contributed by atoms with Crippen LogP contribution in [-0.4, -0.2) is 64.8 Å². The van der Waals surface area contributed by atoms with Crippen molar-refractivity contribution in [3.8, 4) is 0 Å². The summed E-state index contributed by atoms with van der Waals surface area (Å²) in [6.45, 7) is 3.16. The van der Waals surface area contributed by atoms with E-state index in [-0.39, 0.29) is 35.2 Å². The molecule has 33 heavy (non-hydrogen) atoms. The molecule has 1 fully saturated rings. The molecule has 3 heterocycles. The third-order valence-electron chi connectivity index (χ3n) is 5.40. The molecule has 0 unspecified atom stereocenters. The van der Waals surface area contributed by atoms with E-state index in [1.807, 2.05) is 13.0 Å². The normalized spacial score (nSPS) is 15.2. The number of thioether (sulfide) groups is 1. The van der Waals surface area contributed by atoms with Crippen molar-refractivity contribution >= 4 is 49.3 Å². The monoisotopic (exact) mass is 550 g/mol. The van der Waals surface area contributed by atoms with Crippen molar-refractivity contribution < 1.29 is 13.2 Å². The second-order valence-corrected chi connectivity index (χ2v) is 11.6. The zero-order chi connectivity index (χ0) is 23.6. The maximum Gasteiger partial charge on any atom is 0.258 e. The number of amides is 1. The predicted molar refractivity (Wildman–Crippen MR) is 132 cm³/mol. The molecular weight excluding hydrogens is 528 g/mol. The highest BCUT2D eigenvalue weighted by Crippen LogP contribution is 2.19. The third kappa shape index (κ3) is 5.48. The fourth-order valence-electron chi connectivity index (χ4n) is 3.57. The lowest BCUT2D eigenvalue weighted by Gasteiger charge is -2.34. The molecule has 0 atom stereocenters. The molecule has 0 aliphatic carbocycles. The van der Waals surface area contributed by atoms with Crippen molar-refractivity contribution in [2.24, 2.45) is 0 Å². The summed E-state index contributed by atoms with van der Waals surface area (Å²) in [4.78, 5) is 31.3. The van der Waals surface area contributed by atoms with E-state index < -0.39 is 10.0 Å². The Labute approximate surface area is 204 Å². The Morgan fingerprint density at radius 3 is 2.48 bits per heavy atom. The second kappa shape index (κ2) is 9.96. The Morgan fingerprint density at radius 2 is 1.79 bits per heavy atom. The SMILES string of the molecule is Cc1ccc(S(=O)(=O)N2CCN(C(=O)CSCc3cc(=O)n4cc(Br)ccc4n3)CC2)cc1. The van der Waals surface area contributed by atoms with Crippen LogP contribution in [0.1, 0.15) is 11.3 Å². The van der Waals surface area contributed by atoms with Gasteiger partial charge in [-0.15, -0.1) is 11.8 Å². The molecule has 1 aromatic carbocycles. The summed E-state index contributed by atoms with van der Waals surface area (Å²) in [7, 11) is -3.56. The number of piperazine rings is 1. The van der Waals surface area contributed by atoms with Crippen LogP contribution >= 0.6 is 27.7 Å². The number of aromatic nitrogens is 2. The molecule has 1 amide bonds. The Morgan fingerprint density at radius 1 is 1.09 bits per heavy atom. The molecule has 0 bridgehead atoms. The highest BCUT2D eigenvalue weighted by molar-refractivity contribution is 9.10. The molecule has 0 N–H and O–H groups in total. The molecule has 174 valence electrons.